The molecule has 280 valence electrons. The van der Waals surface area contributed by atoms with Crippen LogP contribution in [0.15, 0.2) is 224 Å². The van der Waals surface area contributed by atoms with Gasteiger partial charge in [0.15, 0.2) is 0 Å². The van der Waals surface area contributed by atoms with Crippen LogP contribution in [0, 0.1) is 0 Å². The van der Waals surface area contributed by atoms with E-state index in [0.717, 1.165) is 17.1 Å². The highest BCUT2D eigenvalue weighted by Gasteiger charge is 2.53. The molecule has 9 aromatic rings. The van der Waals surface area contributed by atoms with Crippen LogP contribution in [0.25, 0.3) is 44.5 Å². The van der Waals surface area contributed by atoms with Crippen LogP contribution in [-0.4, -0.2) is 0 Å². The van der Waals surface area contributed by atoms with Crippen LogP contribution < -0.4 is 4.90 Å². The van der Waals surface area contributed by atoms with Crippen molar-refractivity contribution in [3.8, 4) is 44.5 Å². The summed E-state index contributed by atoms with van der Waals surface area (Å²) in [7, 11) is 0. The third kappa shape index (κ3) is 5.46. The number of benzene rings is 9. The summed E-state index contributed by atoms with van der Waals surface area (Å²) < 4.78 is 0. The molecular formula is C58H43N. The molecule has 2 aliphatic carbocycles. The summed E-state index contributed by atoms with van der Waals surface area (Å²) in [5.74, 6) is 0. The SMILES string of the molecule is CC1(C)c2ccccc2C2(c3ccccc3-c3ccc(N(c4ccc(-c5ccccc5)cc4)c4cc(-c5ccccc5)cc(-c5ccccc5)c4)cc32)c2ccccc21. The van der Waals surface area contributed by atoms with Gasteiger partial charge in [0.05, 0.1) is 5.41 Å². The van der Waals surface area contributed by atoms with E-state index in [1.165, 1.54) is 77.9 Å². The van der Waals surface area contributed by atoms with E-state index in [2.05, 4.69) is 243 Å². The average molecular weight is 754 g/mol. The van der Waals surface area contributed by atoms with E-state index in [9.17, 15) is 0 Å². The van der Waals surface area contributed by atoms with Gasteiger partial charge >= 0.3 is 0 Å². The van der Waals surface area contributed by atoms with Crippen molar-refractivity contribution in [3.05, 3.63) is 258 Å². The first kappa shape index (κ1) is 35.0. The largest absolute Gasteiger partial charge is 0.310 e. The third-order valence-corrected chi connectivity index (χ3v) is 12.9. The molecule has 0 N–H and O–H groups in total. The first-order chi connectivity index (χ1) is 29.0. The normalized spacial score (nSPS) is 13.9. The quantitative estimate of drug-likeness (QED) is 0.163. The van der Waals surface area contributed by atoms with Crippen LogP contribution in [0.2, 0.25) is 0 Å². The Kier molecular flexibility index (Phi) is 8.13. The fourth-order valence-electron chi connectivity index (χ4n) is 10.2. The minimum Gasteiger partial charge on any atom is -0.310 e. The van der Waals surface area contributed by atoms with Crippen molar-refractivity contribution in [2.24, 2.45) is 0 Å². The fourth-order valence-corrected chi connectivity index (χ4v) is 10.2. The summed E-state index contributed by atoms with van der Waals surface area (Å²) in [6.07, 6.45) is 0. The maximum Gasteiger partial charge on any atom is 0.0720 e. The highest BCUT2D eigenvalue weighted by Crippen LogP contribution is 2.62. The van der Waals surface area contributed by atoms with Crippen molar-refractivity contribution < 1.29 is 0 Å². The van der Waals surface area contributed by atoms with Gasteiger partial charge in [-0.3, -0.25) is 0 Å². The maximum atomic E-state index is 2.50. The van der Waals surface area contributed by atoms with Gasteiger partial charge in [0.1, 0.15) is 0 Å². The Hall–Kier alpha value is -7.22. The Morgan fingerprint density at radius 1 is 0.271 bits per heavy atom. The lowest BCUT2D eigenvalue weighted by Gasteiger charge is -2.46. The molecule has 2 aliphatic rings. The van der Waals surface area contributed by atoms with Crippen LogP contribution in [0.4, 0.5) is 17.1 Å². The zero-order valence-electron chi connectivity index (χ0n) is 33.3. The predicted molar refractivity (Wildman–Crippen MR) is 247 cm³/mol. The summed E-state index contributed by atoms with van der Waals surface area (Å²) in [5, 5.41) is 0. The molecule has 0 saturated carbocycles. The second-order valence-electron chi connectivity index (χ2n) is 16.5. The molecule has 0 heterocycles. The van der Waals surface area contributed by atoms with E-state index in [1.54, 1.807) is 0 Å². The summed E-state index contributed by atoms with van der Waals surface area (Å²) >= 11 is 0. The molecule has 0 atom stereocenters. The Labute approximate surface area is 347 Å². The van der Waals surface area contributed by atoms with Crippen LogP contribution in [0.3, 0.4) is 0 Å². The maximum absolute atomic E-state index is 2.50. The van der Waals surface area contributed by atoms with Crippen molar-refractivity contribution in [2.75, 3.05) is 4.90 Å². The van der Waals surface area contributed by atoms with Crippen LogP contribution in [-0.2, 0) is 10.8 Å². The number of anilines is 3. The molecule has 0 unspecified atom stereocenters. The van der Waals surface area contributed by atoms with E-state index < -0.39 is 5.41 Å². The van der Waals surface area contributed by atoms with Gasteiger partial charge in [0.2, 0.25) is 0 Å². The molecule has 0 bridgehead atoms. The second kappa shape index (κ2) is 13.7. The Balaban J connectivity index is 1.19. The number of rotatable bonds is 6. The Morgan fingerprint density at radius 3 is 1.22 bits per heavy atom. The van der Waals surface area contributed by atoms with Gasteiger partial charge in [0, 0.05) is 22.5 Å². The highest BCUT2D eigenvalue weighted by molar-refractivity contribution is 5.92. The summed E-state index contributed by atoms with van der Waals surface area (Å²) in [5.41, 5.74) is 20.5. The Morgan fingerprint density at radius 2 is 0.678 bits per heavy atom. The smallest absolute Gasteiger partial charge is 0.0720 e. The molecule has 0 aromatic heterocycles. The molecule has 0 amide bonds. The van der Waals surface area contributed by atoms with Crippen LogP contribution >= 0.6 is 0 Å². The lowest BCUT2D eigenvalue weighted by molar-refractivity contribution is 0.563. The van der Waals surface area contributed by atoms with Crippen molar-refractivity contribution in [1.29, 1.82) is 0 Å². The van der Waals surface area contributed by atoms with Crippen molar-refractivity contribution in [1.82, 2.24) is 0 Å². The van der Waals surface area contributed by atoms with Gasteiger partial charge in [-0.2, -0.15) is 0 Å². The van der Waals surface area contributed by atoms with Gasteiger partial charge in [-0.25, -0.2) is 0 Å². The standard InChI is InChI=1S/C58H43N/c1-57(2)52-26-14-16-28-54(52)58(55-29-17-15-27-53(55)57)51-25-13-12-24-49(51)50-35-34-47(39-56(50)58)59(46-32-30-43(31-33-46)40-18-6-3-7-19-40)48-37-44(41-20-8-4-9-21-41)36-45(38-48)42-22-10-5-11-23-42/h3-39H,1-2H3. The molecule has 1 nitrogen and oxygen atoms in total. The summed E-state index contributed by atoms with van der Waals surface area (Å²) in [4.78, 5) is 2.47. The van der Waals surface area contributed by atoms with E-state index >= 15 is 0 Å². The van der Waals surface area contributed by atoms with Gasteiger partial charge in [-0.1, -0.05) is 196 Å². The van der Waals surface area contributed by atoms with Crippen molar-refractivity contribution in [3.63, 3.8) is 0 Å². The number of hydrogen-bond acceptors (Lipinski definition) is 1. The number of nitrogens with zero attached hydrogens (tertiary/aromatic N) is 1. The highest BCUT2D eigenvalue weighted by atomic mass is 15.1. The molecule has 0 radical (unpaired) electrons. The molecule has 59 heavy (non-hydrogen) atoms. The molecule has 9 aromatic carbocycles. The number of fused-ring (bicyclic) bond motifs is 9. The average Bonchev–Trinajstić information content (AvgIpc) is 3.60. The van der Waals surface area contributed by atoms with E-state index in [4.69, 9.17) is 0 Å². The molecule has 0 aliphatic heterocycles. The van der Waals surface area contributed by atoms with Gasteiger partial charge in [0.25, 0.3) is 0 Å². The molecule has 11 rings (SSSR count). The van der Waals surface area contributed by atoms with E-state index in [0.29, 0.717) is 0 Å². The van der Waals surface area contributed by atoms with Crippen molar-refractivity contribution >= 4 is 17.1 Å². The summed E-state index contributed by atoms with van der Waals surface area (Å²) in [6, 6.07) is 83.1. The lowest BCUT2D eigenvalue weighted by Crippen LogP contribution is -2.40. The fraction of sp³-hybridized carbons (Fsp3) is 0.0690. The van der Waals surface area contributed by atoms with Crippen LogP contribution in [0.5, 0.6) is 0 Å². The molecule has 0 saturated heterocycles. The minimum atomic E-state index is -0.492. The molecule has 0 fully saturated rings. The monoisotopic (exact) mass is 753 g/mol. The molecule has 1 spiro atoms. The van der Waals surface area contributed by atoms with E-state index in [-0.39, 0.29) is 5.41 Å². The van der Waals surface area contributed by atoms with Crippen molar-refractivity contribution in [2.45, 2.75) is 24.7 Å². The first-order valence-electron chi connectivity index (χ1n) is 20.7. The topological polar surface area (TPSA) is 3.24 Å². The van der Waals surface area contributed by atoms with Gasteiger partial charge in [-0.05, 0) is 120 Å². The predicted octanol–water partition coefficient (Wildman–Crippen LogP) is 15.2. The zero-order valence-corrected chi connectivity index (χ0v) is 33.3. The molecular weight excluding hydrogens is 711 g/mol. The number of hydrogen-bond donors (Lipinski definition) is 0. The lowest BCUT2D eigenvalue weighted by atomic mass is 9.55. The first-order valence-corrected chi connectivity index (χ1v) is 20.7. The molecule has 1 heteroatoms. The minimum absolute atomic E-state index is 0.161. The van der Waals surface area contributed by atoms with E-state index in [1.807, 2.05) is 0 Å². The zero-order chi connectivity index (χ0) is 39.6. The summed E-state index contributed by atoms with van der Waals surface area (Å²) in [6.45, 7) is 4.78. The Bertz CT molecular complexity index is 2890. The van der Waals surface area contributed by atoms with Gasteiger partial charge in [-0.15, -0.1) is 0 Å². The third-order valence-electron chi connectivity index (χ3n) is 12.9. The van der Waals surface area contributed by atoms with Gasteiger partial charge < -0.3 is 4.90 Å². The second-order valence-corrected chi connectivity index (χ2v) is 16.5. The van der Waals surface area contributed by atoms with Crippen LogP contribution in [0.1, 0.15) is 47.2 Å².